The summed E-state index contributed by atoms with van der Waals surface area (Å²) in [4.78, 5) is 13.3. The standard InChI is InChI=1S/C17H20N6O/c18-13-9-19-17(23-10-20-14-3-1-2-4-15(14)23)22-16(13)21-11-5-7-12(24)8-6-11/h1-4,9-12,24H,5-8,18H2,(H,19,21,22). The van der Waals surface area contributed by atoms with Gasteiger partial charge in [-0.1, -0.05) is 12.1 Å². The second-order valence-corrected chi connectivity index (χ2v) is 6.23. The van der Waals surface area contributed by atoms with Gasteiger partial charge in [-0.15, -0.1) is 0 Å². The molecule has 0 radical (unpaired) electrons. The Morgan fingerprint density at radius 3 is 2.75 bits per heavy atom. The molecule has 124 valence electrons. The van der Waals surface area contributed by atoms with Gasteiger partial charge in [-0.05, 0) is 37.8 Å². The van der Waals surface area contributed by atoms with Gasteiger partial charge in [-0.2, -0.15) is 4.98 Å². The molecule has 24 heavy (non-hydrogen) atoms. The SMILES string of the molecule is Nc1cnc(-n2cnc3ccccc32)nc1NC1CCC(O)CC1. The van der Waals surface area contributed by atoms with Crippen molar-refractivity contribution in [3.05, 3.63) is 36.8 Å². The number of nitrogen functional groups attached to an aromatic ring is 1. The quantitative estimate of drug-likeness (QED) is 0.682. The van der Waals surface area contributed by atoms with Crippen LogP contribution < -0.4 is 11.1 Å². The Hall–Kier alpha value is -2.67. The Bertz CT molecular complexity index is 853. The molecular weight excluding hydrogens is 304 g/mol. The third-order valence-corrected chi connectivity index (χ3v) is 4.51. The monoisotopic (exact) mass is 324 g/mol. The van der Waals surface area contributed by atoms with Crippen LogP contribution >= 0.6 is 0 Å². The van der Waals surface area contributed by atoms with Gasteiger partial charge >= 0.3 is 0 Å². The summed E-state index contributed by atoms with van der Waals surface area (Å²) in [5, 5.41) is 13.0. The molecule has 4 rings (SSSR count). The average Bonchev–Trinajstić information content (AvgIpc) is 3.03. The highest BCUT2D eigenvalue weighted by atomic mass is 16.3. The van der Waals surface area contributed by atoms with Gasteiger partial charge in [-0.3, -0.25) is 4.57 Å². The van der Waals surface area contributed by atoms with Crippen LogP contribution in [-0.2, 0) is 0 Å². The van der Waals surface area contributed by atoms with E-state index in [1.54, 1.807) is 12.5 Å². The molecule has 4 N–H and O–H groups in total. The summed E-state index contributed by atoms with van der Waals surface area (Å²) < 4.78 is 1.85. The number of hydrogen-bond donors (Lipinski definition) is 3. The minimum atomic E-state index is -0.182. The third-order valence-electron chi connectivity index (χ3n) is 4.51. The van der Waals surface area contributed by atoms with Crippen molar-refractivity contribution in [1.82, 2.24) is 19.5 Å². The zero-order valence-corrected chi connectivity index (χ0v) is 13.3. The molecule has 2 heterocycles. The smallest absolute Gasteiger partial charge is 0.237 e. The van der Waals surface area contributed by atoms with Crippen LogP contribution in [0.4, 0.5) is 11.5 Å². The van der Waals surface area contributed by atoms with Crippen molar-refractivity contribution in [3.8, 4) is 5.95 Å². The molecule has 0 atom stereocenters. The number of anilines is 2. The first-order valence-electron chi connectivity index (χ1n) is 8.20. The summed E-state index contributed by atoms with van der Waals surface area (Å²) in [7, 11) is 0. The van der Waals surface area contributed by atoms with E-state index in [4.69, 9.17) is 5.73 Å². The van der Waals surface area contributed by atoms with Gasteiger partial charge in [0.05, 0.1) is 29.0 Å². The molecule has 1 aliphatic rings. The Labute approximate surface area is 139 Å². The van der Waals surface area contributed by atoms with Gasteiger partial charge in [0.1, 0.15) is 6.33 Å². The summed E-state index contributed by atoms with van der Waals surface area (Å²) >= 11 is 0. The molecule has 7 nitrogen and oxygen atoms in total. The van der Waals surface area contributed by atoms with E-state index < -0.39 is 0 Å². The van der Waals surface area contributed by atoms with Crippen LogP contribution in [0.2, 0.25) is 0 Å². The fourth-order valence-corrected chi connectivity index (χ4v) is 3.15. The highest BCUT2D eigenvalue weighted by Crippen LogP contribution is 2.25. The van der Waals surface area contributed by atoms with Crippen molar-refractivity contribution in [3.63, 3.8) is 0 Å². The van der Waals surface area contributed by atoms with Gasteiger partial charge in [0.15, 0.2) is 5.82 Å². The van der Waals surface area contributed by atoms with E-state index in [1.165, 1.54) is 0 Å². The van der Waals surface area contributed by atoms with E-state index in [-0.39, 0.29) is 12.1 Å². The number of para-hydroxylation sites is 2. The topological polar surface area (TPSA) is 102 Å². The number of benzene rings is 1. The van der Waals surface area contributed by atoms with Crippen LogP contribution in [0, 0.1) is 0 Å². The van der Waals surface area contributed by atoms with Crippen LogP contribution in [0.15, 0.2) is 36.8 Å². The van der Waals surface area contributed by atoms with E-state index in [1.807, 2.05) is 28.8 Å². The number of nitrogens with zero attached hydrogens (tertiary/aromatic N) is 4. The molecule has 0 bridgehead atoms. The summed E-state index contributed by atoms with van der Waals surface area (Å²) in [6.45, 7) is 0. The number of aromatic nitrogens is 4. The molecule has 1 fully saturated rings. The van der Waals surface area contributed by atoms with Crippen molar-refractivity contribution in [1.29, 1.82) is 0 Å². The van der Waals surface area contributed by atoms with Crippen molar-refractivity contribution >= 4 is 22.5 Å². The highest BCUT2D eigenvalue weighted by molar-refractivity contribution is 5.76. The Morgan fingerprint density at radius 2 is 1.92 bits per heavy atom. The maximum absolute atomic E-state index is 9.63. The Balaban J connectivity index is 1.64. The van der Waals surface area contributed by atoms with E-state index in [0.717, 1.165) is 36.7 Å². The molecule has 0 saturated heterocycles. The van der Waals surface area contributed by atoms with E-state index in [0.29, 0.717) is 17.5 Å². The summed E-state index contributed by atoms with van der Waals surface area (Å²) in [6.07, 6.45) is 6.60. The van der Waals surface area contributed by atoms with Crippen LogP contribution in [0.25, 0.3) is 17.0 Å². The minimum absolute atomic E-state index is 0.182. The van der Waals surface area contributed by atoms with Gasteiger partial charge < -0.3 is 16.2 Å². The normalized spacial score (nSPS) is 21.0. The third kappa shape index (κ3) is 2.78. The first kappa shape index (κ1) is 14.9. The molecule has 0 unspecified atom stereocenters. The van der Waals surface area contributed by atoms with Crippen LogP contribution in [0.1, 0.15) is 25.7 Å². The molecule has 1 aromatic carbocycles. The zero-order chi connectivity index (χ0) is 16.5. The van der Waals surface area contributed by atoms with Gasteiger partial charge in [0, 0.05) is 6.04 Å². The van der Waals surface area contributed by atoms with Crippen LogP contribution in [0.3, 0.4) is 0 Å². The maximum Gasteiger partial charge on any atom is 0.237 e. The van der Waals surface area contributed by atoms with Crippen LogP contribution in [-0.4, -0.2) is 36.8 Å². The minimum Gasteiger partial charge on any atom is -0.394 e. The van der Waals surface area contributed by atoms with Gasteiger partial charge in [0.2, 0.25) is 5.95 Å². The predicted molar refractivity (Wildman–Crippen MR) is 93.0 cm³/mol. The van der Waals surface area contributed by atoms with Crippen molar-refractivity contribution in [2.75, 3.05) is 11.1 Å². The molecule has 0 spiro atoms. The lowest BCUT2D eigenvalue weighted by Gasteiger charge is -2.27. The lowest BCUT2D eigenvalue weighted by Crippen LogP contribution is -2.29. The number of hydrogen-bond acceptors (Lipinski definition) is 6. The van der Waals surface area contributed by atoms with Crippen molar-refractivity contribution < 1.29 is 5.11 Å². The first-order valence-corrected chi connectivity index (χ1v) is 8.20. The summed E-state index contributed by atoms with van der Waals surface area (Å²) in [5.41, 5.74) is 8.41. The number of nitrogens with two attached hydrogens (primary N) is 1. The molecule has 3 aromatic rings. The number of nitrogens with one attached hydrogen (secondary N) is 1. The highest BCUT2D eigenvalue weighted by Gasteiger charge is 2.20. The van der Waals surface area contributed by atoms with Crippen molar-refractivity contribution in [2.24, 2.45) is 0 Å². The number of rotatable bonds is 3. The molecule has 1 aliphatic carbocycles. The molecule has 0 aliphatic heterocycles. The Morgan fingerprint density at radius 1 is 1.12 bits per heavy atom. The lowest BCUT2D eigenvalue weighted by molar-refractivity contribution is 0.126. The number of fused-ring (bicyclic) bond motifs is 1. The second-order valence-electron chi connectivity index (χ2n) is 6.23. The molecule has 7 heteroatoms. The first-order chi connectivity index (χ1) is 11.7. The van der Waals surface area contributed by atoms with Crippen molar-refractivity contribution in [2.45, 2.75) is 37.8 Å². The summed E-state index contributed by atoms with van der Waals surface area (Å²) in [5.74, 6) is 1.18. The predicted octanol–water partition coefficient (Wildman–Crippen LogP) is 2.11. The molecule has 0 amide bonds. The zero-order valence-electron chi connectivity index (χ0n) is 13.3. The number of aliphatic hydroxyl groups is 1. The molecule has 2 aromatic heterocycles. The van der Waals surface area contributed by atoms with Gasteiger partial charge in [0.25, 0.3) is 0 Å². The maximum atomic E-state index is 9.63. The summed E-state index contributed by atoms with van der Waals surface area (Å²) in [6, 6.07) is 8.13. The van der Waals surface area contributed by atoms with E-state index >= 15 is 0 Å². The largest absolute Gasteiger partial charge is 0.394 e. The lowest BCUT2D eigenvalue weighted by atomic mass is 9.93. The average molecular weight is 324 g/mol. The van der Waals surface area contributed by atoms with Gasteiger partial charge in [-0.25, -0.2) is 9.97 Å². The number of imidazole rings is 1. The van der Waals surface area contributed by atoms with E-state index in [2.05, 4.69) is 20.3 Å². The van der Waals surface area contributed by atoms with E-state index in [9.17, 15) is 5.11 Å². The fraction of sp³-hybridized carbons (Fsp3) is 0.353. The fourth-order valence-electron chi connectivity index (χ4n) is 3.15. The molecular formula is C17H20N6O. The second kappa shape index (κ2) is 6.09. The number of aliphatic hydroxyl groups excluding tert-OH is 1. The van der Waals surface area contributed by atoms with Crippen LogP contribution in [0.5, 0.6) is 0 Å². The Kier molecular flexibility index (Phi) is 3.78. The molecule has 1 saturated carbocycles.